The first-order valence-corrected chi connectivity index (χ1v) is 12.3. The Bertz CT molecular complexity index is 1670. The average Bonchev–Trinajstić information content (AvgIpc) is 3.43. The second-order valence-corrected chi connectivity index (χ2v) is 9.58. The molecule has 1 N–H and O–H groups in total. The van der Waals surface area contributed by atoms with Crippen molar-refractivity contribution in [1.29, 1.82) is 0 Å². The Morgan fingerprint density at radius 1 is 1.08 bits per heavy atom. The molecule has 7 nitrogen and oxygen atoms in total. The Hall–Kier alpha value is -4.17. The van der Waals surface area contributed by atoms with E-state index in [1.54, 1.807) is 24.7 Å². The summed E-state index contributed by atoms with van der Waals surface area (Å²) in [6.07, 6.45) is 1.82. The van der Waals surface area contributed by atoms with E-state index in [1.165, 1.54) is 11.3 Å². The van der Waals surface area contributed by atoms with Crippen molar-refractivity contribution >= 4 is 29.0 Å². The summed E-state index contributed by atoms with van der Waals surface area (Å²) in [5.74, 6) is 1.61. The third-order valence-electron chi connectivity index (χ3n) is 6.10. The van der Waals surface area contributed by atoms with Crippen molar-refractivity contribution in [2.75, 3.05) is 12.4 Å². The second-order valence-electron chi connectivity index (χ2n) is 8.57. The number of thiazole rings is 1. The number of aryl methyl sites for hydroxylation is 2. The monoisotopic (exact) mass is 499 g/mol. The zero-order chi connectivity index (χ0) is 25.4. The van der Waals surface area contributed by atoms with Gasteiger partial charge in [-0.2, -0.15) is 0 Å². The number of fused-ring (bicyclic) bond motifs is 1. The number of allylic oxidation sites excluding steroid dienone is 1. The maximum absolute atomic E-state index is 13.7. The van der Waals surface area contributed by atoms with Crippen molar-refractivity contribution < 1.29 is 13.9 Å². The molecule has 2 aromatic heterocycles. The van der Waals surface area contributed by atoms with E-state index in [4.69, 9.17) is 9.15 Å². The fourth-order valence-electron chi connectivity index (χ4n) is 4.24. The van der Waals surface area contributed by atoms with Gasteiger partial charge < -0.3 is 14.5 Å². The van der Waals surface area contributed by atoms with Gasteiger partial charge in [0.25, 0.3) is 11.5 Å². The molecule has 1 amide bonds. The molecule has 1 atom stereocenters. The van der Waals surface area contributed by atoms with Crippen LogP contribution in [-0.2, 0) is 4.79 Å². The highest BCUT2D eigenvalue weighted by Gasteiger charge is 2.34. The van der Waals surface area contributed by atoms with E-state index in [-0.39, 0.29) is 11.5 Å². The lowest BCUT2D eigenvalue weighted by Crippen LogP contribution is -2.40. The zero-order valence-corrected chi connectivity index (χ0v) is 21.2. The van der Waals surface area contributed by atoms with Crippen molar-refractivity contribution in [3.63, 3.8) is 0 Å². The van der Waals surface area contributed by atoms with E-state index < -0.39 is 6.04 Å². The largest absolute Gasteiger partial charge is 0.497 e. The first-order chi connectivity index (χ1) is 17.4. The number of anilines is 1. The van der Waals surface area contributed by atoms with Crippen LogP contribution in [0.4, 0.5) is 5.69 Å². The van der Waals surface area contributed by atoms with Crippen LogP contribution in [0.15, 0.2) is 86.1 Å². The quantitative estimate of drug-likeness (QED) is 0.448. The molecule has 5 rings (SSSR count). The smallest absolute Gasteiger partial charge is 0.271 e. The molecule has 4 aromatic rings. The maximum atomic E-state index is 13.7. The number of carbonyl (C=O) groups is 1. The van der Waals surface area contributed by atoms with Crippen LogP contribution in [0.25, 0.3) is 6.08 Å². The third-order valence-corrected chi connectivity index (χ3v) is 7.09. The number of carbonyl (C=O) groups excluding carboxylic acids is 1. The lowest BCUT2D eigenvalue weighted by atomic mass is 10.00. The lowest BCUT2D eigenvalue weighted by molar-refractivity contribution is -0.113. The minimum atomic E-state index is -0.739. The first kappa shape index (κ1) is 23.6. The van der Waals surface area contributed by atoms with E-state index in [9.17, 15) is 9.59 Å². The molecule has 0 fully saturated rings. The van der Waals surface area contributed by atoms with Crippen molar-refractivity contribution in [3.8, 4) is 5.75 Å². The minimum absolute atomic E-state index is 0.234. The summed E-state index contributed by atoms with van der Waals surface area (Å²) in [5, 5.41) is 2.99. The summed E-state index contributed by atoms with van der Waals surface area (Å²) >= 11 is 1.29. The number of benzene rings is 2. The number of rotatable bonds is 5. The Morgan fingerprint density at radius 2 is 1.83 bits per heavy atom. The van der Waals surface area contributed by atoms with E-state index >= 15 is 0 Å². The molecule has 0 aliphatic carbocycles. The number of methoxy groups -OCH3 is 1. The third kappa shape index (κ3) is 4.31. The van der Waals surface area contributed by atoms with Gasteiger partial charge in [-0.15, -0.1) is 0 Å². The summed E-state index contributed by atoms with van der Waals surface area (Å²) in [6.45, 7) is 5.55. The summed E-state index contributed by atoms with van der Waals surface area (Å²) < 4.78 is 13.2. The van der Waals surface area contributed by atoms with Crippen LogP contribution in [-0.4, -0.2) is 17.6 Å². The molecule has 0 bridgehead atoms. The van der Waals surface area contributed by atoms with Crippen LogP contribution in [0.2, 0.25) is 0 Å². The number of aromatic nitrogens is 1. The normalized spacial score (nSPS) is 15.4. The summed E-state index contributed by atoms with van der Waals surface area (Å²) in [7, 11) is 1.61. The molecule has 3 heterocycles. The molecule has 2 aromatic carbocycles. The highest BCUT2D eigenvalue weighted by molar-refractivity contribution is 7.07. The molecule has 0 spiro atoms. The maximum Gasteiger partial charge on any atom is 0.271 e. The molecule has 36 heavy (non-hydrogen) atoms. The molecule has 1 aliphatic rings. The van der Waals surface area contributed by atoms with Crippen molar-refractivity contribution in [3.05, 3.63) is 114 Å². The van der Waals surface area contributed by atoms with E-state index in [1.807, 2.05) is 74.5 Å². The number of amides is 1. The highest BCUT2D eigenvalue weighted by Crippen LogP contribution is 2.32. The standard InChI is InChI=1S/C28H25N3O4S/c1-16-7-5-6-8-21(16)30-26(32)24-18(3)29-28-31(25(24)22-14-9-17(2)35-22)27(33)23(36-28)15-19-10-12-20(34-4)13-11-19/h5-15,25H,1-4H3,(H,30,32). The van der Waals surface area contributed by atoms with E-state index in [0.717, 1.165) is 16.9 Å². The van der Waals surface area contributed by atoms with Gasteiger partial charge in [0.15, 0.2) is 4.80 Å². The molecule has 1 aliphatic heterocycles. The van der Waals surface area contributed by atoms with Crippen LogP contribution in [0.1, 0.15) is 35.6 Å². The fraction of sp³-hybridized carbons (Fsp3) is 0.179. The predicted molar refractivity (Wildman–Crippen MR) is 140 cm³/mol. The minimum Gasteiger partial charge on any atom is -0.497 e. The molecule has 182 valence electrons. The summed E-state index contributed by atoms with van der Waals surface area (Å²) in [5.41, 5.74) is 3.18. The number of nitrogens with one attached hydrogen (secondary N) is 1. The van der Waals surface area contributed by atoms with Crippen LogP contribution < -0.4 is 24.9 Å². The van der Waals surface area contributed by atoms with Gasteiger partial charge in [-0.25, -0.2) is 4.99 Å². The topological polar surface area (TPSA) is 85.8 Å². The molecular formula is C28H25N3O4S. The predicted octanol–water partition coefficient (Wildman–Crippen LogP) is 4.09. The second kappa shape index (κ2) is 9.47. The Balaban J connectivity index is 1.64. The van der Waals surface area contributed by atoms with Crippen molar-refractivity contribution in [2.24, 2.45) is 4.99 Å². The van der Waals surface area contributed by atoms with Crippen molar-refractivity contribution in [1.82, 2.24) is 4.57 Å². The molecule has 0 saturated heterocycles. The molecule has 0 radical (unpaired) electrons. The SMILES string of the molecule is COc1ccc(C=c2sc3n(c2=O)C(c2ccc(C)o2)C(C(=O)Nc2ccccc2C)=C(C)N=3)cc1. The van der Waals surface area contributed by atoms with Gasteiger partial charge >= 0.3 is 0 Å². The van der Waals surface area contributed by atoms with Crippen LogP contribution in [0, 0.1) is 13.8 Å². The Kier molecular flexibility index (Phi) is 6.20. The number of hydrogen-bond acceptors (Lipinski definition) is 6. The number of ether oxygens (including phenoxy) is 1. The molecule has 8 heteroatoms. The van der Waals surface area contributed by atoms with Crippen LogP contribution >= 0.6 is 11.3 Å². The van der Waals surface area contributed by atoms with Crippen LogP contribution in [0.3, 0.4) is 0 Å². The van der Waals surface area contributed by atoms with E-state index in [0.29, 0.717) is 37.8 Å². The number of nitrogens with zero attached hydrogens (tertiary/aromatic N) is 2. The Labute approximate surface area is 211 Å². The van der Waals surface area contributed by atoms with Crippen LogP contribution in [0.5, 0.6) is 5.75 Å². The highest BCUT2D eigenvalue weighted by atomic mass is 32.1. The van der Waals surface area contributed by atoms with Gasteiger partial charge in [0.05, 0.1) is 22.9 Å². The first-order valence-electron chi connectivity index (χ1n) is 11.5. The van der Waals surface area contributed by atoms with Crippen molar-refractivity contribution in [2.45, 2.75) is 26.8 Å². The number of hydrogen-bond donors (Lipinski definition) is 1. The summed E-state index contributed by atoms with van der Waals surface area (Å²) in [4.78, 5) is 32.5. The van der Waals surface area contributed by atoms with Gasteiger partial charge in [-0.1, -0.05) is 41.7 Å². The lowest BCUT2D eigenvalue weighted by Gasteiger charge is -2.23. The molecule has 1 unspecified atom stereocenters. The molecule has 0 saturated carbocycles. The van der Waals surface area contributed by atoms with Gasteiger partial charge in [0.1, 0.15) is 23.3 Å². The number of furan rings is 1. The van der Waals surface area contributed by atoms with Gasteiger partial charge in [-0.05, 0) is 68.3 Å². The van der Waals surface area contributed by atoms with E-state index in [2.05, 4.69) is 10.3 Å². The summed E-state index contributed by atoms with van der Waals surface area (Å²) in [6, 6.07) is 17.9. The Morgan fingerprint density at radius 3 is 2.50 bits per heavy atom. The fourth-order valence-corrected chi connectivity index (χ4v) is 5.28. The zero-order valence-electron chi connectivity index (χ0n) is 20.4. The number of para-hydroxylation sites is 1. The van der Waals surface area contributed by atoms with Gasteiger partial charge in [-0.3, -0.25) is 14.2 Å². The van der Waals surface area contributed by atoms with Gasteiger partial charge in [0, 0.05) is 5.69 Å². The van der Waals surface area contributed by atoms with Gasteiger partial charge in [0.2, 0.25) is 0 Å². The average molecular weight is 500 g/mol. The molecular weight excluding hydrogens is 474 g/mol.